The third-order valence-corrected chi connectivity index (χ3v) is 3.45. The zero-order chi connectivity index (χ0) is 14.7. The average molecular weight is 284 g/mol. The van der Waals surface area contributed by atoms with Crippen LogP contribution in [0.5, 0.6) is 0 Å². The van der Waals surface area contributed by atoms with E-state index in [2.05, 4.69) is 5.32 Å². The summed E-state index contributed by atoms with van der Waals surface area (Å²) in [5.41, 5.74) is 0.270. The number of amides is 1. The molecular formula is C14H18F2N2O2. The number of carbonyl (C=O) groups is 1. The van der Waals surface area contributed by atoms with E-state index in [9.17, 15) is 13.6 Å². The second-order valence-electron chi connectivity index (χ2n) is 4.72. The second-order valence-corrected chi connectivity index (χ2v) is 4.72. The third-order valence-electron chi connectivity index (χ3n) is 3.45. The monoisotopic (exact) mass is 284 g/mol. The van der Waals surface area contributed by atoms with E-state index >= 15 is 0 Å². The van der Waals surface area contributed by atoms with Crippen molar-refractivity contribution in [2.45, 2.75) is 25.6 Å². The molecule has 1 N–H and O–H groups in total. The molecule has 1 aliphatic heterocycles. The van der Waals surface area contributed by atoms with Crippen LogP contribution in [0.3, 0.4) is 0 Å². The molecule has 1 aromatic rings. The molecule has 1 fully saturated rings. The largest absolute Gasteiger partial charge is 0.383 e. The minimum atomic E-state index is -0.658. The molecule has 1 aliphatic rings. The molecular weight excluding hydrogens is 266 g/mol. The van der Waals surface area contributed by atoms with E-state index in [1.54, 1.807) is 7.11 Å². The third kappa shape index (κ3) is 2.81. The van der Waals surface area contributed by atoms with Crippen LogP contribution in [-0.4, -0.2) is 37.1 Å². The lowest BCUT2D eigenvalue weighted by atomic mass is 10.1. The van der Waals surface area contributed by atoms with Gasteiger partial charge < -0.3 is 9.64 Å². The van der Waals surface area contributed by atoms with Crippen LogP contribution in [0, 0.1) is 11.6 Å². The number of benzene rings is 1. The standard InChI is InChI=1S/C14H18F2N2O2/c1-3-12-14(19)18(6-7-20-2)13(17-12)10-5-4-9(15)8-11(10)16/h4-5,8,12-13,17H,3,6-7H2,1-2H3. The first-order chi connectivity index (χ1) is 9.58. The zero-order valence-electron chi connectivity index (χ0n) is 11.5. The highest BCUT2D eigenvalue weighted by Crippen LogP contribution is 2.28. The maximum atomic E-state index is 13.9. The maximum absolute atomic E-state index is 13.9. The van der Waals surface area contributed by atoms with Crippen LogP contribution in [0.4, 0.5) is 8.78 Å². The van der Waals surface area contributed by atoms with Gasteiger partial charge in [-0.25, -0.2) is 8.78 Å². The molecule has 0 radical (unpaired) electrons. The van der Waals surface area contributed by atoms with Gasteiger partial charge in [-0.2, -0.15) is 0 Å². The molecule has 20 heavy (non-hydrogen) atoms. The van der Waals surface area contributed by atoms with Crippen molar-refractivity contribution in [2.75, 3.05) is 20.3 Å². The molecule has 0 aromatic heterocycles. The van der Waals surface area contributed by atoms with Crippen LogP contribution >= 0.6 is 0 Å². The Hall–Kier alpha value is -1.53. The van der Waals surface area contributed by atoms with E-state index in [0.717, 1.165) is 6.07 Å². The van der Waals surface area contributed by atoms with Crippen molar-refractivity contribution in [3.63, 3.8) is 0 Å². The number of methoxy groups -OCH3 is 1. The van der Waals surface area contributed by atoms with E-state index in [4.69, 9.17) is 4.74 Å². The number of hydrogen-bond donors (Lipinski definition) is 1. The lowest BCUT2D eigenvalue weighted by Gasteiger charge is -2.24. The summed E-state index contributed by atoms with van der Waals surface area (Å²) in [4.78, 5) is 13.8. The van der Waals surface area contributed by atoms with Crippen molar-refractivity contribution in [1.82, 2.24) is 10.2 Å². The van der Waals surface area contributed by atoms with Gasteiger partial charge in [0, 0.05) is 25.3 Å². The van der Waals surface area contributed by atoms with Crippen LogP contribution in [0.15, 0.2) is 18.2 Å². The molecule has 1 heterocycles. The number of halogens is 2. The normalized spacial score (nSPS) is 22.6. The molecule has 110 valence electrons. The van der Waals surface area contributed by atoms with Crippen LogP contribution in [-0.2, 0) is 9.53 Å². The van der Waals surface area contributed by atoms with Crippen LogP contribution in [0.1, 0.15) is 25.1 Å². The minimum absolute atomic E-state index is 0.0849. The summed E-state index contributed by atoms with van der Waals surface area (Å²) in [5, 5.41) is 3.08. The number of hydrogen-bond acceptors (Lipinski definition) is 3. The van der Waals surface area contributed by atoms with Crippen molar-refractivity contribution < 1.29 is 18.3 Å². The molecule has 2 atom stereocenters. The molecule has 2 rings (SSSR count). The summed E-state index contributed by atoms with van der Waals surface area (Å²) in [7, 11) is 1.54. The first kappa shape index (κ1) is 14.9. The quantitative estimate of drug-likeness (QED) is 0.896. The average Bonchev–Trinajstić information content (AvgIpc) is 2.73. The van der Waals surface area contributed by atoms with Crippen LogP contribution in [0.25, 0.3) is 0 Å². The second kappa shape index (κ2) is 6.28. The van der Waals surface area contributed by atoms with Crippen molar-refractivity contribution in [1.29, 1.82) is 0 Å². The Morgan fingerprint density at radius 2 is 2.15 bits per heavy atom. The van der Waals surface area contributed by atoms with Crippen molar-refractivity contribution in [3.8, 4) is 0 Å². The number of nitrogens with one attached hydrogen (secondary N) is 1. The Bertz CT molecular complexity index is 496. The predicted molar refractivity (Wildman–Crippen MR) is 69.9 cm³/mol. The molecule has 0 saturated carbocycles. The van der Waals surface area contributed by atoms with Gasteiger partial charge in [-0.15, -0.1) is 0 Å². The SMILES string of the molecule is CCC1NC(c2ccc(F)cc2F)N(CCOC)C1=O. The van der Waals surface area contributed by atoms with Gasteiger partial charge in [0.15, 0.2) is 0 Å². The summed E-state index contributed by atoms with van der Waals surface area (Å²) >= 11 is 0. The van der Waals surface area contributed by atoms with Gasteiger partial charge in [-0.05, 0) is 18.6 Å². The fourth-order valence-electron chi connectivity index (χ4n) is 2.38. The molecule has 0 spiro atoms. The Labute approximate surface area is 116 Å². The van der Waals surface area contributed by atoms with Gasteiger partial charge in [-0.3, -0.25) is 10.1 Å². The predicted octanol–water partition coefficient (Wildman–Crippen LogP) is 1.82. The smallest absolute Gasteiger partial charge is 0.241 e. The molecule has 0 aliphatic carbocycles. The Balaban J connectivity index is 2.29. The number of ether oxygens (including phenoxy) is 1. The van der Waals surface area contributed by atoms with E-state index in [1.165, 1.54) is 17.0 Å². The van der Waals surface area contributed by atoms with Gasteiger partial charge in [0.05, 0.1) is 12.6 Å². The van der Waals surface area contributed by atoms with Gasteiger partial charge in [0.25, 0.3) is 0 Å². The molecule has 1 amide bonds. The first-order valence-corrected chi connectivity index (χ1v) is 6.59. The highest BCUT2D eigenvalue weighted by atomic mass is 19.1. The summed E-state index contributed by atoms with van der Waals surface area (Å²) < 4.78 is 31.9. The van der Waals surface area contributed by atoms with Gasteiger partial charge in [0.1, 0.15) is 17.8 Å². The zero-order valence-corrected chi connectivity index (χ0v) is 11.5. The Kier molecular flexibility index (Phi) is 4.67. The first-order valence-electron chi connectivity index (χ1n) is 6.59. The maximum Gasteiger partial charge on any atom is 0.241 e. The van der Waals surface area contributed by atoms with Crippen LogP contribution < -0.4 is 5.32 Å². The fourth-order valence-corrected chi connectivity index (χ4v) is 2.38. The summed E-state index contributed by atoms with van der Waals surface area (Å²) in [6.45, 7) is 2.61. The van der Waals surface area contributed by atoms with Gasteiger partial charge in [-0.1, -0.05) is 6.92 Å². The van der Waals surface area contributed by atoms with E-state index in [0.29, 0.717) is 19.6 Å². The van der Waals surface area contributed by atoms with Crippen molar-refractivity contribution >= 4 is 5.91 Å². The van der Waals surface area contributed by atoms with Crippen molar-refractivity contribution in [3.05, 3.63) is 35.4 Å². The molecule has 4 nitrogen and oxygen atoms in total. The Morgan fingerprint density at radius 1 is 1.40 bits per heavy atom. The van der Waals surface area contributed by atoms with E-state index in [1.807, 2.05) is 6.92 Å². The van der Waals surface area contributed by atoms with Gasteiger partial charge >= 0.3 is 0 Å². The minimum Gasteiger partial charge on any atom is -0.383 e. The van der Waals surface area contributed by atoms with Crippen LogP contribution in [0.2, 0.25) is 0 Å². The topological polar surface area (TPSA) is 41.6 Å². The summed E-state index contributed by atoms with van der Waals surface area (Å²) in [5.74, 6) is -1.38. The number of rotatable bonds is 5. The lowest BCUT2D eigenvalue weighted by Crippen LogP contribution is -2.34. The highest BCUT2D eigenvalue weighted by molar-refractivity contribution is 5.84. The van der Waals surface area contributed by atoms with Gasteiger partial charge in [0.2, 0.25) is 5.91 Å². The van der Waals surface area contributed by atoms with E-state index < -0.39 is 17.8 Å². The number of nitrogens with zero attached hydrogens (tertiary/aromatic N) is 1. The van der Waals surface area contributed by atoms with Crippen molar-refractivity contribution in [2.24, 2.45) is 0 Å². The Morgan fingerprint density at radius 3 is 2.75 bits per heavy atom. The molecule has 1 saturated heterocycles. The molecule has 1 aromatic carbocycles. The summed E-state index contributed by atoms with van der Waals surface area (Å²) in [6, 6.07) is 3.04. The number of carbonyl (C=O) groups excluding carboxylic acids is 1. The van der Waals surface area contributed by atoms with E-state index in [-0.39, 0.29) is 17.5 Å². The summed E-state index contributed by atoms with van der Waals surface area (Å²) in [6.07, 6.45) is 0.0324. The highest BCUT2D eigenvalue weighted by Gasteiger charge is 2.39. The molecule has 6 heteroatoms. The lowest BCUT2D eigenvalue weighted by molar-refractivity contribution is -0.130. The fraction of sp³-hybridized carbons (Fsp3) is 0.500. The molecule has 0 bridgehead atoms. The molecule has 2 unspecified atom stereocenters.